The van der Waals surface area contributed by atoms with Crippen molar-refractivity contribution in [3.05, 3.63) is 0 Å². The molecule has 0 aromatic rings. The van der Waals surface area contributed by atoms with Crippen molar-refractivity contribution in [3.8, 4) is 0 Å². The average molecular weight is 349 g/mol. The number of unbranched alkanes of at least 4 members (excludes halogenated alkanes) is 8. The van der Waals surface area contributed by atoms with Crippen molar-refractivity contribution in [2.24, 2.45) is 23.7 Å². The van der Waals surface area contributed by atoms with Crippen molar-refractivity contribution in [2.75, 3.05) is 0 Å². The molecule has 0 aromatic carbocycles. The Morgan fingerprint density at radius 3 is 1.92 bits per heavy atom. The molecule has 0 aromatic heterocycles. The molecule has 0 N–H and O–H groups in total. The first kappa shape index (κ1) is 21.3. The molecule has 2 saturated carbocycles. The highest BCUT2D eigenvalue weighted by molar-refractivity contribution is 4.88. The maximum absolute atomic E-state index is 2.36. The number of fused-ring (bicyclic) bond motifs is 1. The van der Waals surface area contributed by atoms with E-state index in [4.69, 9.17) is 0 Å². The molecule has 0 saturated heterocycles. The van der Waals surface area contributed by atoms with Crippen molar-refractivity contribution in [3.63, 3.8) is 0 Å². The highest BCUT2D eigenvalue weighted by atomic mass is 14.4. The SMILES string of the molecule is CCCCCCCCCC(CCCCC)C1CCCC2CCCCC21. The van der Waals surface area contributed by atoms with Crippen LogP contribution in [-0.4, -0.2) is 0 Å². The van der Waals surface area contributed by atoms with Gasteiger partial charge in [0.1, 0.15) is 0 Å². The van der Waals surface area contributed by atoms with Crippen molar-refractivity contribution < 1.29 is 0 Å². The Bertz CT molecular complexity index is 305. The summed E-state index contributed by atoms with van der Waals surface area (Å²) in [6.07, 6.45) is 28.7. The largest absolute Gasteiger partial charge is 0.0654 e. The molecule has 25 heavy (non-hydrogen) atoms. The predicted octanol–water partition coefficient (Wildman–Crippen LogP) is 8.93. The summed E-state index contributed by atoms with van der Waals surface area (Å²) in [6.45, 7) is 4.69. The molecule has 0 aliphatic heterocycles. The van der Waals surface area contributed by atoms with E-state index in [-0.39, 0.29) is 0 Å². The van der Waals surface area contributed by atoms with E-state index in [9.17, 15) is 0 Å². The highest BCUT2D eigenvalue weighted by Crippen LogP contribution is 2.48. The van der Waals surface area contributed by atoms with Gasteiger partial charge in [0, 0.05) is 0 Å². The van der Waals surface area contributed by atoms with E-state index in [2.05, 4.69) is 13.8 Å². The Hall–Kier alpha value is 0. The van der Waals surface area contributed by atoms with Gasteiger partial charge in [0.05, 0.1) is 0 Å². The first-order chi connectivity index (χ1) is 12.4. The monoisotopic (exact) mass is 348 g/mol. The van der Waals surface area contributed by atoms with Gasteiger partial charge in [0.25, 0.3) is 0 Å². The van der Waals surface area contributed by atoms with Crippen LogP contribution in [0, 0.1) is 23.7 Å². The Morgan fingerprint density at radius 1 is 0.600 bits per heavy atom. The fourth-order valence-electron chi connectivity index (χ4n) is 6.17. The normalized spacial score (nSPS) is 27.8. The number of hydrogen-bond acceptors (Lipinski definition) is 0. The van der Waals surface area contributed by atoms with Gasteiger partial charge in [-0.25, -0.2) is 0 Å². The Balaban J connectivity index is 1.77. The summed E-state index contributed by atoms with van der Waals surface area (Å²) in [6, 6.07) is 0. The van der Waals surface area contributed by atoms with Crippen LogP contribution >= 0.6 is 0 Å². The summed E-state index contributed by atoms with van der Waals surface area (Å²) in [7, 11) is 0. The van der Waals surface area contributed by atoms with Crippen LogP contribution in [0.4, 0.5) is 0 Å². The van der Waals surface area contributed by atoms with E-state index in [0.717, 1.165) is 23.7 Å². The number of hydrogen-bond donors (Lipinski definition) is 0. The van der Waals surface area contributed by atoms with Crippen LogP contribution in [0.1, 0.15) is 136 Å². The molecule has 0 amide bonds. The zero-order chi connectivity index (χ0) is 17.7. The van der Waals surface area contributed by atoms with Crippen LogP contribution in [0.2, 0.25) is 0 Å². The van der Waals surface area contributed by atoms with Gasteiger partial charge in [-0.1, -0.05) is 123 Å². The second-order valence-corrected chi connectivity index (χ2v) is 9.47. The smallest absolute Gasteiger partial charge is 0.0355 e. The molecule has 0 spiro atoms. The van der Waals surface area contributed by atoms with Crippen LogP contribution in [0.15, 0.2) is 0 Å². The zero-order valence-electron chi connectivity index (χ0n) is 17.7. The van der Waals surface area contributed by atoms with E-state index in [1.165, 1.54) is 77.0 Å². The van der Waals surface area contributed by atoms with Crippen molar-refractivity contribution in [1.82, 2.24) is 0 Å². The van der Waals surface area contributed by atoms with Gasteiger partial charge in [-0.3, -0.25) is 0 Å². The topological polar surface area (TPSA) is 0 Å². The third-order valence-corrected chi connectivity index (χ3v) is 7.59. The van der Waals surface area contributed by atoms with Crippen molar-refractivity contribution >= 4 is 0 Å². The van der Waals surface area contributed by atoms with E-state index in [1.54, 1.807) is 44.9 Å². The minimum absolute atomic E-state index is 1.08. The summed E-state index contributed by atoms with van der Waals surface area (Å²) < 4.78 is 0. The molecule has 2 aliphatic rings. The molecule has 2 fully saturated rings. The lowest BCUT2D eigenvalue weighted by atomic mass is 9.61. The maximum Gasteiger partial charge on any atom is -0.0355 e. The molecule has 0 heteroatoms. The Morgan fingerprint density at radius 2 is 1.16 bits per heavy atom. The third-order valence-electron chi connectivity index (χ3n) is 7.59. The maximum atomic E-state index is 2.36. The molecular weight excluding hydrogens is 300 g/mol. The molecule has 0 radical (unpaired) electrons. The first-order valence-electron chi connectivity index (χ1n) is 12.4. The highest BCUT2D eigenvalue weighted by Gasteiger charge is 2.38. The van der Waals surface area contributed by atoms with Gasteiger partial charge in [-0.05, 0) is 36.5 Å². The molecule has 2 aliphatic carbocycles. The van der Waals surface area contributed by atoms with Gasteiger partial charge in [-0.15, -0.1) is 0 Å². The fourth-order valence-corrected chi connectivity index (χ4v) is 6.17. The van der Waals surface area contributed by atoms with Crippen molar-refractivity contribution in [1.29, 1.82) is 0 Å². The average Bonchev–Trinajstić information content (AvgIpc) is 2.65. The van der Waals surface area contributed by atoms with Crippen molar-refractivity contribution in [2.45, 2.75) is 136 Å². The van der Waals surface area contributed by atoms with E-state index >= 15 is 0 Å². The van der Waals surface area contributed by atoms with Crippen LogP contribution in [0.5, 0.6) is 0 Å². The molecule has 4 atom stereocenters. The second kappa shape index (κ2) is 13.2. The molecule has 0 heterocycles. The molecule has 0 nitrogen and oxygen atoms in total. The molecular formula is C25H48. The predicted molar refractivity (Wildman–Crippen MR) is 113 cm³/mol. The molecule has 148 valence electrons. The second-order valence-electron chi connectivity index (χ2n) is 9.47. The van der Waals surface area contributed by atoms with Crippen LogP contribution < -0.4 is 0 Å². The lowest BCUT2D eigenvalue weighted by Crippen LogP contribution is -2.35. The lowest BCUT2D eigenvalue weighted by Gasteiger charge is -2.45. The summed E-state index contributed by atoms with van der Waals surface area (Å²) in [4.78, 5) is 0. The quantitative estimate of drug-likeness (QED) is 0.291. The summed E-state index contributed by atoms with van der Waals surface area (Å²) >= 11 is 0. The molecule has 4 unspecified atom stereocenters. The zero-order valence-corrected chi connectivity index (χ0v) is 17.7. The van der Waals surface area contributed by atoms with Crippen LogP contribution in [0.3, 0.4) is 0 Å². The Kier molecular flexibility index (Phi) is 11.3. The summed E-state index contributed by atoms with van der Waals surface area (Å²) in [5.41, 5.74) is 0. The Labute approximate surface area is 159 Å². The summed E-state index contributed by atoms with van der Waals surface area (Å²) in [5.74, 6) is 4.43. The van der Waals surface area contributed by atoms with Gasteiger partial charge in [-0.2, -0.15) is 0 Å². The lowest BCUT2D eigenvalue weighted by molar-refractivity contribution is 0.0555. The fraction of sp³-hybridized carbons (Fsp3) is 1.00. The van der Waals surface area contributed by atoms with Crippen LogP contribution in [-0.2, 0) is 0 Å². The van der Waals surface area contributed by atoms with Gasteiger partial charge in [0.2, 0.25) is 0 Å². The van der Waals surface area contributed by atoms with Gasteiger partial charge in [0.15, 0.2) is 0 Å². The first-order valence-corrected chi connectivity index (χ1v) is 12.4. The third kappa shape index (κ3) is 7.64. The van der Waals surface area contributed by atoms with E-state index in [0.29, 0.717) is 0 Å². The molecule has 2 rings (SSSR count). The standard InChI is InChI=1S/C25H48/c1-3-5-7-8-9-10-12-17-22(16-11-6-4-2)25-21-15-19-23-18-13-14-20-24(23)25/h22-25H,3-21H2,1-2H3. The number of rotatable bonds is 13. The van der Waals surface area contributed by atoms with Gasteiger partial charge >= 0.3 is 0 Å². The van der Waals surface area contributed by atoms with Gasteiger partial charge < -0.3 is 0 Å². The van der Waals surface area contributed by atoms with Crippen LogP contribution in [0.25, 0.3) is 0 Å². The summed E-state index contributed by atoms with van der Waals surface area (Å²) in [5, 5.41) is 0. The van der Waals surface area contributed by atoms with E-state index in [1.807, 2.05) is 0 Å². The molecule has 0 bridgehead atoms. The van der Waals surface area contributed by atoms with E-state index < -0.39 is 0 Å². The minimum Gasteiger partial charge on any atom is -0.0654 e. The minimum atomic E-state index is 1.08.